The molecule has 0 spiro atoms. The number of aryl methyl sites for hydroxylation is 1. The zero-order valence-electron chi connectivity index (χ0n) is 11.0. The Labute approximate surface area is 110 Å². The van der Waals surface area contributed by atoms with E-state index in [0.717, 1.165) is 11.0 Å². The number of nitrogens with zero attached hydrogens (tertiary/aromatic N) is 1. The van der Waals surface area contributed by atoms with Crippen LogP contribution in [0.4, 0.5) is 8.78 Å². The van der Waals surface area contributed by atoms with Crippen LogP contribution in [0.5, 0.6) is 0 Å². The van der Waals surface area contributed by atoms with Crippen LogP contribution >= 0.6 is 0 Å². The monoisotopic (exact) mass is 271 g/mol. The van der Waals surface area contributed by atoms with Crippen LogP contribution in [0.1, 0.15) is 22.8 Å². The standard InChI is InChI=1S/C13H15F2NO3/c1-4-16(7-12(17)19-3)13(18)9-5-8(2)10(14)6-11(9)15/h5-6H,4,7H2,1-3H3. The van der Waals surface area contributed by atoms with Crippen molar-refractivity contribution in [3.63, 3.8) is 0 Å². The van der Waals surface area contributed by atoms with Gasteiger partial charge in [-0.2, -0.15) is 0 Å². The average molecular weight is 271 g/mol. The molecule has 0 aliphatic rings. The molecule has 0 N–H and O–H groups in total. The number of ether oxygens (including phenoxy) is 1. The summed E-state index contributed by atoms with van der Waals surface area (Å²) in [6.07, 6.45) is 0. The second kappa shape index (κ2) is 6.26. The van der Waals surface area contributed by atoms with Gasteiger partial charge in [0.15, 0.2) is 0 Å². The van der Waals surface area contributed by atoms with Crippen LogP contribution in [0, 0.1) is 18.6 Å². The Morgan fingerprint density at radius 2 is 1.89 bits per heavy atom. The smallest absolute Gasteiger partial charge is 0.325 e. The van der Waals surface area contributed by atoms with Crippen LogP contribution in [0.2, 0.25) is 0 Å². The number of amides is 1. The van der Waals surface area contributed by atoms with Gasteiger partial charge in [0.05, 0.1) is 12.7 Å². The zero-order valence-corrected chi connectivity index (χ0v) is 11.0. The Morgan fingerprint density at radius 1 is 1.26 bits per heavy atom. The van der Waals surface area contributed by atoms with E-state index < -0.39 is 23.5 Å². The second-order valence-corrected chi connectivity index (χ2v) is 3.98. The number of rotatable bonds is 4. The first-order valence-corrected chi connectivity index (χ1v) is 5.72. The van der Waals surface area contributed by atoms with Crippen LogP contribution in [-0.4, -0.2) is 37.0 Å². The molecular weight excluding hydrogens is 256 g/mol. The molecule has 0 atom stereocenters. The SMILES string of the molecule is CCN(CC(=O)OC)C(=O)c1cc(C)c(F)cc1F. The minimum atomic E-state index is -0.948. The third kappa shape index (κ3) is 3.49. The highest BCUT2D eigenvalue weighted by molar-refractivity contribution is 5.96. The highest BCUT2D eigenvalue weighted by Gasteiger charge is 2.21. The van der Waals surface area contributed by atoms with E-state index >= 15 is 0 Å². The summed E-state index contributed by atoms with van der Waals surface area (Å²) in [5, 5.41) is 0. The summed E-state index contributed by atoms with van der Waals surface area (Å²) in [5.74, 6) is -2.94. The molecule has 1 aromatic carbocycles. The van der Waals surface area contributed by atoms with E-state index in [1.165, 1.54) is 14.0 Å². The lowest BCUT2D eigenvalue weighted by Crippen LogP contribution is -2.36. The molecule has 19 heavy (non-hydrogen) atoms. The number of hydrogen-bond donors (Lipinski definition) is 0. The summed E-state index contributed by atoms with van der Waals surface area (Å²) in [6, 6.07) is 1.79. The van der Waals surface area contributed by atoms with Gasteiger partial charge < -0.3 is 9.64 Å². The first-order chi connectivity index (χ1) is 8.90. The summed E-state index contributed by atoms with van der Waals surface area (Å²) < 4.78 is 31.2. The van der Waals surface area contributed by atoms with Gasteiger partial charge in [0.1, 0.15) is 18.2 Å². The minimum Gasteiger partial charge on any atom is -0.468 e. The van der Waals surface area contributed by atoms with Gasteiger partial charge in [0.25, 0.3) is 5.91 Å². The second-order valence-electron chi connectivity index (χ2n) is 3.98. The van der Waals surface area contributed by atoms with Crippen LogP contribution in [0.3, 0.4) is 0 Å². The molecular formula is C13H15F2NO3. The molecule has 0 saturated carbocycles. The maximum Gasteiger partial charge on any atom is 0.325 e. The van der Waals surface area contributed by atoms with Gasteiger partial charge in [0.2, 0.25) is 0 Å². The number of benzene rings is 1. The summed E-state index contributed by atoms with van der Waals surface area (Å²) >= 11 is 0. The molecule has 104 valence electrons. The van der Waals surface area contributed by atoms with Crippen molar-refractivity contribution < 1.29 is 23.1 Å². The Balaban J connectivity index is 3.04. The minimum absolute atomic E-state index is 0.166. The number of hydrogen-bond acceptors (Lipinski definition) is 3. The van der Waals surface area contributed by atoms with Gasteiger partial charge in [0, 0.05) is 12.6 Å². The van der Waals surface area contributed by atoms with E-state index in [1.54, 1.807) is 6.92 Å². The van der Waals surface area contributed by atoms with Crippen molar-refractivity contribution in [2.24, 2.45) is 0 Å². The van der Waals surface area contributed by atoms with Gasteiger partial charge in [-0.3, -0.25) is 9.59 Å². The Hall–Kier alpha value is -1.98. The largest absolute Gasteiger partial charge is 0.468 e. The van der Waals surface area contributed by atoms with Gasteiger partial charge in [-0.1, -0.05) is 0 Å². The summed E-state index contributed by atoms with van der Waals surface area (Å²) in [7, 11) is 1.20. The molecule has 1 rings (SSSR count). The van der Waals surface area contributed by atoms with Gasteiger partial charge in [-0.15, -0.1) is 0 Å². The molecule has 0 unspecified atom stereocenters. The Morgan fingerprint density at radius 3 is 2.42 bits per heavy atom. The topological polar surface area (TPSA) is 46.6 Å². The summed E-state index contributed by atoms with van der Waals surface area (Å²) in [6.45, 7) is 3.02. The van der Waals surface area contributed by atoms with Crippen molar-refractivity contribution in [3.8, 4) is 0 Å². The molecule has 0 aliphatic carbocycles. The van der Waals surface area contributed by atoms with E-state index in [4.69, 9.17) is 0 Å². The molecule has 0 heterocycles. The summed E-state index contributed by atoms with van der Waals surface area (Å²) in [4.78, 5) is 24.3. The zero-order chi connectivity index (χ0) is 14.6. The molecule has 6 heteroatoms. The molecule has 1 amide bonds. The number of carbonyl (C=O) groups is 2. The normalized spacial score (nSPS) is 10.2. The lowest BCUT2D eigenvalue weighted by Gasteiger charge is -2.20. The number of halogens is 2. The van der Waals surface area contributed by atoms with Gasteiger partial charge in [-0.05, 0) is 25.5 Å². The number of likely N-dealkylation sites (N-methyl/N-ethyl adjacent to an activating group) is 1. The number of esters is 1. The lowest BCUT2D eigenvalue weighted by atomic mass is 10.1. The predicted octanol–water partition coefficient (Wildman–Crippen LogP) is 1.91. The third-order valence-electron chi connectivity index (χ3n) is 2.70. The highest BCUT2D eigenvalue weighted by Crippen LogP contribution is 2.16. The fraction of sp³-hybridized carbons (Fsp3) is 0.385. The van der Waals surface area contributed by atoms with Crippen LogP contribution in [0.25, 0.3) is 0 Å². The lowest BCUT2D eigenvalue weighted by molar-refractivity contribution is -0.141. The molecule has 0 radical (unpaired) electrons. The maximum absolute atomic E-state index is 13.6. The fourth-order valence-corrected chi connectivity index (χ4v) is 1.54. The fourth-order valence-electron chi connectivity index (χ4n) is 1.54. The van der Waals surface area contributed by atoms with Crippen molar-refractivity contribution in [2.75, 3.05) is 20.2 Å². The molecule has 0 bridgehead atoms. The molecule has 0 fully saturated rings. The Kier molecular flexibility index (Phi) is 4.97. The van der Waals surface area contributed by atoms with Crippen LogP contribution in [-0.2, 0) is 9.53 Å². The van der Waals surface area contributed by atoms with E-state index in [9.17, 15) is 18.4 Å². The molecule has 0 saturated heterocycles. The van der Waals surface area contributed by atoms with Crippen LogP contribution < -0.4 is 0 Å². The molecule has 0 aliphatic heterocycles. The van der Waals surface area contributed by atoms with E-state index in [1.807, 2.05) is 0 Å². The highest BCUT2D eigenvalue weighted by atomic mass is 19.1. The van der Waals surface area contributed by atoms with Gasteiger partial charge >= 0.3 is 5.97 Å². The van der Waals surface area contributed by atoms with Crippen molar-refractivity contribution in [3.05, 3.63) is 34.9 Å². The van der Waals surface area contributed by atoms with E-state index in [-0.39, 0.29) is 24.2 Å². The molecule has 1 aromatic rings. The van der Waals surface area contributed by atoms with Crippen LogP contribution in [0.15, 0.2) is 12.1 Å². The first-order valence-electron chi connectivity index (χ1n) is 5.72. The average Bonchev–Trinajstić information content (AvgIpc) is 2.39. The molecule has 4 nitrogen and oxygen atoms in total. The number of carbonyl (C=O) groups excluding carboxylic acids is 2. The van der Waals surface area contributed by atoms with Crippen molar-refractivity contribution >= 4 is 11.9 Å². The van der Waals surface area contributed by atoms with Crippen molar-refractivity contribution in [2.45, 2.75) is 13.8 Å². The third-order valence-corrected chi connectivity index (χ3v) is 2.70. The molecule has 0 aromatic heterocycles. The predicted molar refractivity (Wildman–Crippen MR) is 64.7 cm³/mol. The van der Waals surface area contributed by atoms with E-state index in [0.29, 0.717) is 6.07 Å². The first kappa shape index (κ1) is 15.1. The number of methoxy groups -OCH3 is 1. The van der Waals surface area contributed by atoms with Crippen molar-refractivity contribution in [1.82, 2.24) is 4.90 Å². The quantitative estimate of drug-likeness (QED) is 0.786. The maximum atomic E-state index is 13.6. The van der Waals surface area contributed by atoms with Crippen molar-refractivity contribution in [1.29, 1.82) is 0 Å². The van der Waals surface area contributed by atoms with Gasteiger partial charge in [-0.25, -0.2) is 8.78 Å². The summed E-state index contributed by atoms with van der Waals surface area (Å²) in [5.41, 5.74) is -0.0940. The Bertz CT molecular complexity index is 503. The van der Waals surface area contributed by atoms with E-state index in [2.05, 4.69) is 4.74 Å².